The molecule has 0 unspecified atom stereocenters. The summed E-state index contributed by atoms with van der Waals surface area (Å²) in [6.45, 7) is 1.43. The lowest BCUT2D eigenvalue weighted by Gasteiger charge is -2.55. The van der Waals surface area contributed by atoms with Crippen LogP contribution in [-0.4, -0.2) is 51.6 Å². The molecule has 6 aliphatic rings. The van der Waals surface area contributed by atoms with Crippen LogP contribution in [-0.2, 0) is 35.2 Å². The monoisotopic (exact) mass is 550 g/mol. The van der Waals surface area contributed by atoms with E-state index in [0.717, 1.165) is 38.5 Å². The molecule has 9 nitrogen and oxygen atoms in total. The SMILES string of the molecule is C[C@@H](OC(=O)C12CC3CC(CC(C3)C1)C2)OC(=O)[C@@]1(N)[C@H]2[C@@H](C[C@H]1OCc1ccc(Cl)nc1)[C@]2(F)C(=O)O. The molecule has 3 N–H and O–H groups in total. The maximum absolute atomic E-state index is 15.3. The Morgan fingerprint density at radius 2 is 1.71 bits per heavy atom. The van der Waals surface area contributed by atoms with E-state index in [1.807, 2.05) is 0 Å². The highest BCUT2D eigenvalue weighted by Gasteiger charge is 2.85. The van der Waals surface area contributed by atoms with E-state index in [1.165, 1.54) is 13.1 Å². The second kappa shape index (κ2) is 8.86. The third-order valence-electron chi connectivity index (χ3n) is 9.74. The number of fused-ring (bicyclic) bond motifs is 1. The maximum atomic E-state index is 15.3. The second-order valence-electron chi connectivity index (χ2n) is 12.2. The summed E-state index contributed by atoms with van der Waals surface area (Å²) in [5, 5.41) is 9.79. The Morgan fingerprint density at radius 3 is 2.26 bits per heavy atom. The Balaban J connectivity index is 1.15. The van der Waals surface area contributed by atoms with Gasteiger partial charge in [-0.15, -0.1) is 0 Å². The molecule has 1 aromatic heterocycles. The van der Waals surface area contributed by atoms with Crippen LogP contribution in [0.4, 0.5) is 4.39 Å². The molecule has 0 aromatic carbocycles. The van der Waals surface area contributed by atoms with E-state index in [0.29, 0.717) is 28.5 Å². The minimum absolute atomic E-state index is 0.00340. The van der Waals surface area contributed by atoms with Crippen LogP contribution in [0.1, 0.15) is 57.4 Å². The van der Waals surface area contributed by atoms with Crippen molar-refractivity contribution in [2.45, 2.75) is 82.1 Å². The zero-order valence-electron chi connectivity index (χ0n) is 21.1. The van der Waals surface area contributed by atoms with Crippen molar-refractivity contribution in [1.29, 1.82) is 0 Å². The minimum atomic E-state index is -2.64. The lowest BCUT2D eigenvalue weighted by molar-refractivity contribution is -0.206. The molecule has 0 aliphatic heterocycles. The number of hydrogen-bond acceptors (Lipinski definition) is 8. The number of pyridine rings is 1. The van der Waals surface area contributed by atoms with E-state index in [1.54, 1.807) is 12.1 Å². The summed E-state index contributed by atoms with van der Waals surface area (Å²) >= 11 is 5.82. The largest absolute Gasteiger partial charge is 0.479 e. The Kier molecular flexibility index (Phi) is 6.05. The molecular formula is C27H32ClFN2O7. The molecule has 0 radical (unpaired) electrons. The highest BCUT2D eigenvalue weighted by Crippen LogP contribution is 2.67. The first-order valence-electron chi connectivity index (χ1n) is 13.3. The van der Waals surface area contributed by atoms with E-state index in [2.05, 4.69) is 4.98 Å². The van der Waals surface area contributed by atoms with Crippen molar-refractivity contribution in [3.63, 3.8) is 0 Å². The quantitative estimate of drug-likeness (QED) is 0.283. The van der Waals surface area contributed by atoms with E-state index >= 15 is 4.39 Å². The fourth-order valence-electron chi connectivity index (χ4n) is 8.40. The van der Waals surface area contributed by atoms with Crippen LogP contribution in [0.15, 0.2) is 18.3 Å². The minimum Gasteiger partial charge on any atom is -0.479 e. The molecule has 0 saturated heterocycles. The Labute approximate surface area is 224 Å². The van der Waals surface area contributed by atoms with Crippen molar-refractivity contribution in [1.82, 2.24) is 4.98 Å². The predicted octanol–water partition coefficient (Wildman–Crippen LogP) is 3.41. The first kappa shape index (κ1) is 26.0. The van der Waals surface area contributed by atoms with Crippen molar-refractivity contribution in [3.05, 3.63) is 29.0 Å². The summed E-state index contributed by atoms with van der Waals surface area (Å²) in [7, 11) is 0. The van der Waals surface area contributed by atoms with Crippen LogP contribution in [0.2, 0.25) is 5.15 Å². The third kappa shape index (κ3) is 3.93. The number of nitrogens with zero attached hydrogens (tertiary/aromatic N) is 1. The number of aromatic nitrogens is 1. The van der Waals surface area contributed by atoms with Crippen molar-refractivity contribution < 1.29 is 38.1 Å². The molecule has 38 heavy (non-hydrogen) atoms. The second-order valence-corrected chi connectivity index (χ2v) is 12.6. The summed E-state index contributed by atoms with van der Waals surface area (Å²) in [5.74, 6) is -3.79. The number of nitrogens with two attached hydrogens (primary N) is 1. The van der Waals surface area contributed by atoms with Crippen molar-refractivity contribution in [2.24, 2.45) is 40.7 Å². The number of esters is 2. The first-order valence-corrected chi connectivity index (χ1v) is 13.7. The number of aliphatic carboxylic acids is 1. The summed E-state index contributed by atoms with van der Waals surface area (Å²) < 4.78 is 32.3. The fourth-order valence-corrected chi connectivity index (χ4v) is 8.51. The highest BCUT2D eigenvalue weighted by atomic mass is 35.5. The van der Waals surface area contributed by atoms with E-state index in [-0.39, 0.29) is 19.0 Å². The van der Waals surface area contributed by atoms with Crippen LogP contribution in [0, 0.1) is 35.0 Å². The predicted molar refractivity (Wildman–Crippen MR) is 130 cm³/mol. The molecule has 206 valence electrons. The summed E-state index contributed by atoms with van der Waals surface area (Å²) in [6.07, 6.45) is 5.03. The molecule has 4 bridgehead atoms. The molecule has 1 heterocycles. The van der Waals surface area contributed by atoms with Gasteiger partial charge in [-0.1, -0.05) is 17.7 Å². The number of alkyl halides is 1. The Morgan fingerprint density at radius 1 is 1.11 bits per heavy atom. The Hall–Kier alpha value is -2.30. The van der Waals surface area contributed by atoms with E-state index in [4.69, 9.17) is 31.5 Å². The van der Waals surface area contributed by atoms with Crippen molar-refractivity contribution in [2.75, 3.05) is 0 Å². The van der Waals surface area contributed by atoms with Gasteiger partial charge in [-0.3, -0.25) is 4.79 Å². The van der Waals surface area contributed by atoms with Gasteiger partial charge in [-0.2, -0.15) is 0 Å². The van der Waals surface area contributed by atoms with Crippen LogP contribution < -0.4 is 5.73 Å². The van der Waals surface area contributed by atoms with Crippen LogP contribution in [0.5, 0.6) is 0 Å². The molecule has 7 rings (SSSR count). The standard InChI is InChI=1S/C27H32ClFN2O7/c1-13(37-23(34)25-8-15-4-16(9-25)6-17(5-15)10-25)38-24(35)27(30)19(7-18-21(27)26(18,29)22(32)33)36-12-14-2-3-20(28)31-11-14/h2-3,11,13,15-19,21H,4-10,12,30H2,1H3,(H,32,33)/t13-,15?,16?,17?,18+,19+,21-,25?,26+,27-/m0/s1. The van der Waals surface area contributed by atoms with Crippen LogP contribution >= 0.6 is 11.6 Å². The summed E-state index contributed by atoms with van der Waals surface area (Å²) in [4.78, 5) is 42.4. The molecule has 0 amide bonds. The van der Waals surface area contributed by atoms with Crippen molar-refractivity contribution >= 4 is 29.5 Å². The molecule has 6 saturated carbocycles. The smallest absolute Gasteiger partial charge is 0.342 e. The Bertz CT molecular complexity index is 1130. The van der Waals surface area contributed by atoms with Gasteiger partial charge in [0.25, 0.3) is 0 Å². The number of carboxylic acid groups (broad SMARTS) is 1. The fraction of sp³-hybridized carbons (Fsp3) is 0.704. The van der Waals surface area contributed by atoms with Gasteiger partial charge in [0.15, 0.2) is 0 Å². The topological polar surface area (TPSA) is 138 Å². The number of rotatable bonds is 8. The summed E-state index contributed by atoms with van der Waals surface area (Å²) in [5.41, 5.74) is 1.87. The number of hydrogen-bond donors (Lipinski definition) is 2. The van der Waals surface area contributed by atoms with Gasteiger partial charge in [0.1, 0.15) is 10.7 Å². The average Bonchev–Trinajstić information content (AvgIpc) is 3.33. The van der Waals surface area contributed by atoms with Gasteiger partial charge in [0.05, 0.1) is 18.1 Å². The number of carbonyl (C=O) groups is 3. The lowest BCUT2D eigenvalue weighted by Crippen LogP contribution is -2.61. The van der Waals surface area contributed by atoms with Gasteiger partial charge >= 0.3 is 17.9 Å². The molecule has 6 aliphatic carbocycles. The highest BCUT2D eigenvalue weighted by molar-refractivity contribution is 6.29. The first-order chi connectivity index (χ1) is 18.0. The number of halogens is 2. The van der Waals surface area contributed by atoms with Gasteiger partial charge in [0, 0.05) is 25.0 Å². The van der Waals surface area contributed by atoms with Crippen LogP contribution in [0.3, 0.4) is 0 Å². The molecule has 11 heteroatoms. The van der Waals surface area contributed by atoms with Gasteiger partial charge in [0.2, 0.25) is 12.0 Å². The normalized spacial score (nSPS) is 42.8. The van der Waals surface area contributed by atoms with E-state index < -0.39 is 52.8 Å². The lowest BCUT2D eigenvalue weighted by atomic mass is 9.49. The molecule has 6 fully saturated rings. The van der Waals surface area contributed by atoms with Crippen molar-refractivity contribution in [3.8, 4) is 0 Å². The zero-order chi connectivity index (χ0) is 27.0. The molecule has 1 aromatic rings. The average molecular weight is 551 g/mol. The number of carbonyl (C=O) groups excluding carboxylic acids is 2. The van der Waals surface area contributed by atoms with Gasteiger partial charge in [-0.05, 0) is 74.3 Å². The zero-order valence-corrected chi connectivity index (χ0v) is 21.9. The molecular weight excluding hydrogens is 519 g/mol. The summed E-state index contributed by atoms with van der Waals surface area (Å²) in [6, 6.07) is 3.26. The van der Waals surface area contributed by atoms with E-state index in [9.17, 15) is 19.5 Å². The molecule has 0 spiro atoms. The third-order valence-corrected chi connectivity index (χ3v) is 9.96. The number of ether oxygens (including phenoxy) is 3. The van der Waals surface area contributed by atoms with Gasteiger partial charge < -0.3 is 25.1 Å². The van der Waals surface area contributed by atoms with Crippen LogP contribution in [0.25, 0.3) is 0 Å². The molecule has 6 atom stereocenters. The van der Waals surface area contributed by atoms with Gasteiger partial charge in [-0.25, -0.2) is 19.0 Å². The maximum Gasteiger partial charge on any atom is 0.342 e. The number of carboxylic acids is 1.